The summed E-state index contributed by atoms with van der Waals surface area (Å²) in [6.07, 6.45) is 4.45. The van der Waals surface area contributed by atoms with Crippen LogP contribution in [0.5, 0.6) is 0 Å². The number of imidazole rings is 1. The fraction of sp³-hybridized carbons (Fsp3) is 0.333. The van der Waals surface area contributed by atoms with Crippen LogP contribution >= 0.6 is 0 Å². The molecule has 0 aliphatic rings. The van der Waals surface area contributed by atoms with E-state index in [0.717, 1.165) is 0 Å². The number of nitrogen functional groups attached to an aromatic ring is 1. The second kappa shape index (κ2) is 6.78. The maximum atomic E-state index is 11.8. The van der Waals surface area contributed by atoms with Crippen molar-refractivity contribution in [1.82, 2.24) is 9.13 Å². The SMILES string of the molecule is CCn1ccn(CCCC(=O)Nc2ccccc2N)c1=O. The third kappa shape index (κ3) is 3.75. The topological polar surface area (TPSA) is 82.1 Å². The predicted molar refractivity (Wildman–Crippen MR) is 83.1 cm³/mol. The molecule has 3 N–H and O–H groups in total. The Morgan fingerprint density at radius 1 is 1.24 bits per heavy atom. The number of hydrogen-bond acceptors (Lipinski definition) is 3. The number of hydrogen-bond donors (Lipinski definition) is 2. The number of rotatable bonds is 6. The van der Waals surface area contributed by atoms with Gasteiger partial charge in [0.2, 0.25) is 5.91 Å². The summed E-state index contributed by atoms with van der Waals surface area (Å²) in [5.74, 6) is -0.101. The van der Waals surface area contributed by atoms with Crippen molar-refractivity contribution in [1.29, 1.82) is 0 Å². The van der Waals surface area contributed by atoms with E-state index in [1.165, 1.54) is 0 Å². The number of nitrogens with zero attached hydrogens (tertiary/aromatic N) is 2. The highest BCUT2D eigenvalue weighted by molar-refractivity contribution is 5.93. The van der Waals surface area contributed by atoms with Gasteiger partial charge in [0, 0.05) is 31.9 Å². The monoisotopic (exact) mass is 288 g/mol. The lowest BCUT2D eigenvalue weighted by Crippen LogP contribution is -2.24. The zero-order valence-electron chi connectivity index (χ0n) is 12.1. The lowest BCUT2D eigenvalue weighted by Gasteiger charge is -2.07. The van der Waals surface area contributed by atoms with Crippen LogP contribution in [0.4, 0.5) is 11.4 Å². The number of nitrogens with one attached hydrogen (secondary N) is 1. The van der Waals surface area contributed by atoms with E-state index in [2.05, 4.69) is 5.32 Å². The number of aromatic nitrogens is 2. The zero-order valence-corrected chi connectivity index (χ0v) is 12.1. The van der Waals surface area contributed by atoms with Crippen LogP contribution < -0.4 is 16.7 Å². The van der Waals surface area contributed by atoms with Crippen molar-refractivity contribution < 1.29 is 4.79 Å². The van der Waals surface area contributed by atoms with Crippen LogP contribution in [-0.4, -0.2) is 15.0 Å². The molecule has 112 valence electrons. The molecular weight excluding hydrogens is 268 g/mol. The van der Waals surface area contributed by atoms with Gasteiger partial charge in [0.15, 0.2) is 0 Å². The second-order valence-corrected chi connectivity index (χ2v) is 4.80. The first-order valence-corrected chi connectivity index (χ1v) is 7.01. The van der Waals surface area contributed by atoms with Crippen LogP contribution in [0.3, 0.4) is 0 Å². The van der Waals surface area contributed by atoms with Gasteiger partial charge in [0.1, 0.15) is 0 Å². The van der Waals surface area contributed by atoms with E-state index in [-0.39, 0.29) is 11.6 Å². The Hall–Kier alpha value is -2.50. The quantitative estimate of drug-likeness (QED) is 0.793. The molecular formula is C15H20N4O2. The van der Waals surface area contributed by atoms with Gasteiger partial charge in [-0.2, -0.15) is 0 Å². The fourth-order valence-corrected chi connectivity index (χ4v) is 2.10. The van der Waals surface area contributed by atoms with Crippen molar-refractivity contribution in [3.8, 4) is 0 Å². The summed E-state index contributed by atoms with van der Waals surface area (Å²) in [6.45, 7) is 3.10. The molecule has 0 aliphatic heterocycles. The Morgan fingerprint density at radius 3 is 2.62 bits per heavy atom. The van der Waals surface area contributed by atoms with Crippen LogP contribution in [0.1, 0.15) is 19.8 Å². The average molecular weight is 288 g/mol. The van der Waals surface area contributed by atoms with E-state index in [1.54, 1.807) is 33.7 Å². The number of amides is 1. The molecule has 0 spiro atoms. The highest BCUT2D eigenvalue weighted by Crippen LogP contribution is 2.16. The standard InChI is InChI=1S/C15H20N4O2/c1-2-18-10-11-19(15(18)21)9-5-8-14(20)17-13-7-4-3-6-12(13)16/h3-4,6-7,10-11H,2,5,8-9,16H2,1H3,(H,17,20). The minimum Gasteiger partial charge on any atom is -0.397 e. The van der Waals surface area contributed by atoms with Crippen LogP contribution in [0, 0.1) is 0 Å². The molecule has 21 heavy (non-hydrogen) atoms. The number of aryl methyl sites for hydroxylation is 2. The molecule has 2 aromatic rings. The molecule has 1 aromatic carbocycles. The third-order valence-corrected chi connectivity index (χ3v) is 3.30. The molecule has 0 fully saturated rings. The van der Waals surface area contributed by atoms with E-state index in [9.17, 15) is 9.59 Å². The number of carbonyl (C=O) groups excluding carboxylic acids is 1. The van der Waals surface area contributed by atoms with E-state index in [4.69, 9.17) is 5.73 Å². The molecule has 6 nitrogen and oxygen atoms in total. The highest BCUT2D eigenvalue weighted by atomic mass is 16.2. The molecule has 0 bridgehead atoms. The fourth-order valence-electron chi connectivity index (χ4n) is 2.10. The molecule has 0 aliphatic carbocycles. The van der Waals surface area contributed by atoms with Crippen LogP contribution in [0.15, 0.2) is 41.5 Å². The van der Waals surface area contributed by atoms with Crippen LogP contribution in [-0.2, 0) is 17.9 Å². The first kappa shape index (κ1) is 14.9. The van der Waals surface area contributed by atoms with Crippen LogP contribution in [0.2, 0.25) is 0 Å². The summed E-state index contributed by atoms with van der Waals surface area (Å²) in [4.78, 5) is 23.7. The maximum absolute atomic E-state index is 11.8. The summed E-state index contributed by atoms with van der Waals surface area (Å²) in [5, 5.41) is 2.77. The second-order valence-electron chi connectivity index (χ2n) is 4.80. The Morgan fingerprint density at radius 2 is 1.95 bits per heavy atom. The van der Waals surface area contributed by atoms with Gasteiger partial charge in [-0.15, -0.1) is 0 Å². The third-order valence-electron chi connectivity index (χ3n) is 3.30. The van der Waals surface area contributed by atoms with Gasteiger partial charge in [0.25, 0.3) is 0 Å². The van der Waals surface area contributed by atoms with Crippen molar-refractivity contribution in [3.05, 3.63) is 47.1 Å². The van der Waals surface area contributed by atoms with Gasteiger partial charge in [-0.3, -0.25) is 13.9 Å². The van der Waals surface area contributed by atoms with Crippen molar-refractivity contribution >= 4 is 17.3 Å². The first-order valence-electron chi connectivity index (χ1n) is 7.01. The molecule has 6 heteroatoms. The van der Waals surface area contributed by atoms with E-state index in [0.29, 0.717) is 37.3 Å². The lowest BCUT2D eigenvalue weighted by molar-refractivity contribution is -0.116. The summed E-state index contributed by atoms with van der Waals surface area (Å²) in [7, 11) is 0. The molecule has 2 rings (SSSR count). The lowest BCUT2D eigenvalue weighted by atomic mass is 10.2. The normalized spacial score (nSPS) is 10.5. The average Bonchev–Trinajstić information content (AvgIpc) is 2.82. The molecule has 0 unspecified atom stereocenters. The summed E-state index contributed by atoms with van der Waals surface area (Å²) < 4.78 is 3.25. The molecule has 0 saturated heterocycles. The number of anilines is 2. The molecule has 0 atom stereocenters. The molecule has 0 saturated carbocycles. The Bertz CT molecular complexity index is 672. The molecule has 0 radical (unpaired) electrons. The smallest absolute Gasteiger partial charge is 0.328 e. The van der Waals surface area contributed by atoms with Crippen molar-refractivity contribution in [2.45, 2.75) is 32.9 Å². The minimum atomic E-state index is -0.101. The first-order chi connectivity index (χ1) is 10.1. The Kier molecular flexibility index (Phi) is 4.81. The van der Waals surface area contributed by atoms with E-state index >= 15 is 0 Å². The Balaban J connectivity index is 1.83. The van der Waals surface area contributed by atoms with Gasteiger partial charge < -0.3 is 11.1 Å². The summed E-state index contributed by atoms with van der Waals surface area (Å²) in [5.41, 5.74) is 6.89. The number of nitrogens with two attached hydrogens (primary N) is 1. The van der Waals surface area contributed by atoms with Crippen LogP contribution in [0.25, 0.3) is 0 Å². The number of benzene rings is 1. The number of carbonyl (C=O) groups is 1. The summed E-state index contributed by atoms with van der Waals surface area (Å²) in [6, 6.07) is 7.14. The Labute approximate surface area is 123 Å². The summed E-state index contributed by atoms with van der Waals surface area (Å²) >= 11 is 0. The van der Waals surface area contributed by atoms with Gasteiger partial charge in [-0.1, -0.05) is 12.1 Å². The van der Waals surface area contributed by atoms with E-state index < -0.39 is 0 Å². The molecule has 1 aromatic heterocycles. The van der Waals surface area contributed by atoms with Gasteiger partial charge >= 0.3 is 5.69 Å². The van der Waals surface area contributed by atoms with Crippen molar-refractivity contribution in [3.63, 3.8) is 0 Å². The number of para-hydroxylation sites is 2. The van der Waals surface area contributed by atoms with Gasteiger partial charge in [0.05, 0.1) is 11.4 Å². The molecule has 1 amide bonds. The molecule has 1 heterocycles. The zero-order chi connectivity index (χ0) is 15.2. The minimum absolute atomic E-state index is 0.0368. The van der Waals surface area contributed by atoms with Crippen molar-refractivity contribution in [2.24, 2.45) is 0 Å². The predicted octanol–water partition coefficient (Wildman–Crippen LogP) is 1.67. The highest BCUT2D eigenvalue weighted by Gasteiger charge is 2.06. The van der Waals surface area contributed by atoms with Gasteiger partial charge in [-0.25, -0.2) is 4.79 Å². The van der Waals surface area contributed by atoms with E-state index in [1.807, 2.05) is 19.1 Å². The largest absolute Gasteiger partial charge is 0.397 e. The maximum Gasteiger partial charge on any atom is 0.328 e. The van der Waals surface area contributed by atoms with Crippen molar-refractivity contribution in [2.75, 3.05) is 11.1 Å². The van der Waals surface area contributed by atoms with Gasteiger partial charge in [-0.05, 0) is 25.5 Å².